The molecule has 0 amide bonds. The number of nitrogens with zero attached hydrogens (tertiary/aromatic N) is 2. The highest BCUT2D eigenvalue weighted by molar-refractivity contribution is 5.58. The van der Waals surface area contributed by atoms with Crippen LogP contribution < -0.4 is 16.6 Å². The van der Waals surface area contributed by atoms with Gasteiger partial charge in [-0.05, 0) is 17.8 Å². The molecular weight excluding hydrogens is 254 g/mol. The maximum atomic E-state index is 5.52. The molecule has 0 saturated heterocycles. The van der Waals surface area contributed by atoms with Gasteiger partial charge in [-0.25, -0.2) is 15.8 Å². The van der Waals surface area contributed by atoms with Crippen LogP contribution in [0.1, 0.15) is 45.6 Å². The summed E-state index contributed by atoms with van der Waals surface area (Å²) in [5.41, 5.74) is 3.78. The highest BCUT2D eigenvalue weighted by atomic mass is 16.5. The van der Waals surface area contributed by atoms with Gasteiger partial charge < -0.3 is 15.5 Å². The van der Waals surface area contributed by atoms with E-state index < -0.39 is 0 Å². The van der Waals surface area contributed by atoms with E-state index in [0.717, 1.165) is 31.0 Å². The number of nitrogens with one attached hydrogen (secondary N) is 2. The van der Waals surface area contributed by atoms with E-state index in [1.807, 2.05) is 0 Å². The number of hydrogen-bond donors (Lipinski definition) is 3. The summed E-state index contributed by atoms with van der Waals surface area (Å²) in [6.45, 7) is 10.2. The summed E-state index contributed by atoms with van der Waals surface area (Å²) in [4.78, 5) is 8.51. The van der Waals surface area contributed by atoms with Crippen LogP contribution in [0.3, 0.4) is 0 Å². The van der Waals surface area contributed by atoms with E-state index in [4.69, 9.17) is 10.6 Å². The molecule has 1 heterocycles. The zero-order valence-corrected chi connectivity index (χ0v) is 13.2. The highest BCUT2D eigenvalue weighted by Crippen LogP contribution is 2.29. The molecule has 0 unspecified atom stereocenters. The Morgan fingerprint density at radius 2 is 1.95 bits per heavy atom. The molecule has 0 saturated carbocycles. The number of rotatable bonds is 8. The van der Waals surface area contributed by atoms with Crippen molar-refractivity contribution in [1.82, 2.24) is 9.97 Å². The van der Waals surface area contributed by atoms with Crippen LogP contribution in [0.15, 0.2) is 6.33 Å². The van der Waals surface area contributed by atoms with Gasteiger partial charge in [0, 0.05) is 25.8 Å². The normalized spacial score (nSPS) is 11.8. The minimum absolute atomic E-state index is 0.130. The van der Waals surface area contributed by atoms with Crippen LogP contribution in [0.25, 0.3) is 0 Å². The first-order chi connectivity index (χ1) is 9.41. The molecule has 114 valence electrons. The van der Waals surface area contributed by atoms with Crippen molar-refractivity contribution in [1.29, 1.82) is 0 Å². The Kier molecular flexibility index (Phi) is 6.16. The van der Waals surface area contributed by atoms with Gasteiger partial charge in [0.2, 0.25) is 0 Å². The quantitative estimate of drug-likeness (QED) is 0.501. The van der Waals surface area contributed by atoms with E-state index in [2.05, 4.69) is 48.4 Å². The predicted molar refractivity (Wildman–Crippen MR) is 82.7 cm³/mol. The molecule has 0 radical (unpaired) electrons. The molecule has 0 aliphatic carbocycles. The number of anilines is 2. The predicted octanol–water partition coefficient (Wildman–Crippen LogP) is 2.36. The molecular formula is C14H27N5O. The maximum Gasteiger partial charge on any atom is 0.148 e. The van der Waals surface area contributed by atoms with E-state index in [9.17, 15) is 0 Å². The Bertz CT molecular complexity index is 420. The van der Waals surface area contributed by atoms with Crippen LogP contribution in [0.2, 0.25) is 0 Å². The molecule has 6 heteroatoms. The second-order valence-corrected chi connectivity index (χ2v) is 6.04. The van der Waals surface area contributed by atoms with Crippen LogP contribution in [0.5, 0.6) is 0 Å². The molecule has 1 aromatic heterocycles. The van der Waals surface area contributed by atoms with Gasteiger partial charge in [0.15, 0.2) is 0 Å². The van der Waals surface area contributed by atoms with E-state index in [0.29, 0.717) is 5.82 Å². The van der Waals surface area contributed by atoms with Crippen molar-refractivity contribution in [3.63, 3.8) is 0 Å². The van der Waals surface area contributed by atoms with Crippen LogP contribution in [0.4, 0.5) is 11.6 Å². The van der Waals surface area contributed by atoms with Crippen LogP contribution in [-0.2, 0) is 4.74 Å². The van der Waals surface area contributed by atoms with Crippen LogP contribution in [0, 0.1) is 5.41 Å². The second-order valence-electron chi connectivity index (χ2n) is 6.04. The third-order valence-corrected chi connectivity index (χ3v) is 3.32. The van der Waals surface area contributed by atoms with E-state index in [-0.39, 0.29) is 11.3 Å². The first kappa shape index (κ1) is 16.7. The highest BCUT2D eigenvalue weighted by Gasteiger charge is 2.20. The molecule has 1 rings (SSSR count). The SMILES string of the molecule is COCCC(C)(C)CNc1ncnc(NN)c1C(C)C. The van der Waals surface area contributed by atoms with Crippen molar-refractivity contribution < 1.29 is 4.74 Å². The number of methoxy groups -OCH3 is 1. The fourth-order valence-corrected chi connectivity index (χ4v) is 1.99. The molecule has 0 aliphatic rings. The molecule has 0 aromatic carbocycles. The van der Waals surface area contributed by atoms with Gasteiger partial charge in [0.25, 0.3) is 0 Å². The third-order valence-electron chi connectivity index (χ3n) is 3.32. The standard InChI is InChI=1S/C14H27N5O/c1-10(2)11-12(17-9-18-13(11)19-15)16-8-14(3,4)6-7-20-5/h9-10H,6-8,15H2,1-5H3,(H2,16,17,18,19). The molecule has 0 fully saturated rings. The van der Waals surface area contributed by atoms with Crippen molar-refractivity contribution in [2.75, 3.05) is 31.0 Å². The first-order valence-corrected chi connectivity index (χ1v) is 6.95. The lowest BCUT2D eigenvalue weighted by molar-refractivity contribution is 0.157. The Morgan fingerprint density at radius 1 is 1.30 bits per heavy atom. The summed E-state index contributed by atoms with van der Waals surface area (Å²) >= 11 is 0. The monoisotopic (exact) mass is 281 g/mol. The van der Waals surface area contributed by atoms with Crippen molar-refractivity contribution in [3.8, 4) is 0 Å². The van der Waals surface area contributed by atoms with E-state index >= 15 is 0 Å². The van der Waals surface area contributed by atoms with Gasteiger partial charge in [-0.3, -0.25) is 0 Å². The fraction of sp³-hybridized carbons (Fsp3) is 0.714. The van der Waals surface area contributed by atoms with Gasteiger partial charge in [0.05, 0.1) is 0 Å². The molecule has 0 atom stereocenters. The summed E-state index contributed by atoms with van der Waals surface area (Å²) < 4.78 is 5.15. The van der Waals surface area contributed by atoms with E-state index in [1.54, 1.807) is 7.11 Å². The topological polar surface area (TPSA) is 85.1 Å². The largest absolute Gasteiger partial charge is 0.385 e. The minimum atomic E-state index is 0.130. The Balaban J connectivity index is 2.82. The van der Waals surface area contributed by atoms with Crippen molar-refractivity contribution in [3.05, 3.63) is 11.9 Å². The van der Waals surface area contributed by atoms with Gasteiger partial charge in [-0.15, -0.1) is 0 Å². The molecule has 1 aromatic rings. The average molecular weight is 281 g/mol. The Hall–Kier alpha value is -1.40. The summed E-state index contributed by atoms with van der Waals surface area (Å²) in [5.74, 6) is 7.32. The Morgan fingerprint density at radius 3 is 2.50 bits per heavy atom. The van der Waals surface area contributed by atoms with Gasteiger partial charge in [-0.2, -0.15) is 0 Å². The zero-order valence-electron chi connectivity index (χ0n) is 13.2. The second kappa shape index (κ2) is 7.40. The first-order valence-electron chi connectivity index (χ1n) is 6.95. The number of nitrogen functional groups attached to an aromatic ring is 1. The third kappa shape index (κ3) is 4.61. The van der Waals surface area contributed by atoms with Gasteiger partial charge in [-0.1, -0.05) is 27.7 Å². The zero-order chi connectivity index (χ0) is 15.2. The summed E-state index contributed by atoms with van der Waals surface area (Å²) in [6, 6.07) is 0. The fourth-order valence-electron chi connectivity index (χ4n) is 1.99. The molecule has 20 heavy (non-hydrogen) atoms. The number of hydrazine groups is 1. The lowest BCUT2D eigenvalue weighted by atomic mass is 9.89. The molecule has 4 N–H and O–H groups in total. The van der Waals surface area contributed by atoms with E-state index in [1.165, 1.54) is 6.33 Å². The summed E-state index contributed by atoms with van der Waals surface area (Å²) in [7, 11) is 1.73. The van der Waals surface area contributed by atoms with Crippen molar-refractivity contribution >= 4 is 11.6 Å². The molecule has 0 spiro atoms. The molecule has 0 aliphatic heterocycles. The maximum absolute atomic E-state index is 5.52. The smallest absolute Gasteiger partial charge is 0.148 e. The number of ether oxygens (including phenoxy) is 1. The van der Waals surface area contributed by atoms with Crippen molar-refractivity contribution in [2.24, 2.45) is 11.3 Å². The van der Waals surface area contributed by atoms with Gasteiger partial charge in [0.1, 0.15) is 18.0 Å². The van der Waals surface area contributed by atoms with Crippen LogP contribution in [-0.4, -0.2) is 30.2 Å². The molecule has 6 nitrogen and oxygen atoms in total. The summed E-state index contributed by atoms with van der Waals surface area (Å²) in [6.07, 6.45) is 2.51. The minimum Gasteiger partial charge on any atom is -0.385 e. The van der Waals surface area contributed by atoms with Crippen molar-refractivity contribution in [2.45, 2.75) is 40.0 Å². The lowest BCUT2D eigenvalue weighted by Crippen LogP contribution is -2.26. The number of aromatic nitrogens is 2. The van der Waals surface area contributed by atoms with Crippen LogP contribution >= 0.6 is 0 Å². The Labute approximate surface area is 121 Å². The number of hydrogen-bond acceptors (Lipinski definition) is 6. The van der Waals surface area contributed by atoms with Gasteiger partial charge >= 0.3 is 0 Å². The average Bonchev–Trinajstić information content (AvgIpc) is 2.42. The summed E-state index contributed by atoms with van der Waals surface area (Å²) in [5, 5.41) is 3.42. The lowest BCUT2D eigenvalue weighted by Gasteiger charge is -2.26. The molecule has 0 bridgehead atoms. The number of nitrogens with two attached hydrogens (primary N) is 1.